The third kappa shape index (κ3) is 4.56. The van der Waals surface area contributed by atoms with E-state index in [0.717, 1.165) is 0 Å². The molecule has 4 rings (SSSR count). The number of allylic oxidation sites excluding steroid dienone is 1. The Labute approximate surface area is 197 Å². The first-order valence-electron chi connectivity index (χ1n) is 10.6. The van der Waals surface area contributed by atoms with Crippen LogP contribution in [0.1, 0.15) is 38.1 Å². The number of fused-ring (bicyclic) bond motifs is 1. The SMILES string of the molecule is CCOC(=O)C1=C(C)N=c2sc(=Cc3ccn(CC)n3)c(=O)n2C1c1ccc(OC(F)F)cc1. The van der Waals surface area contributed by atoms with Crippen molar-refractivity contribution in [2.75, 3.05) is 6.61 Å². The van der Waals surface area contributed by atoms with Gasteiger partial charge in [0, 0.05) is 12.7 Å². The summed E-state index contributed by atoms with van der Waals surface area (Å²) < 4.78 is 38.4. The number of thiazole rings is 1. The molecule has 8 nitrogen and oxygen atoms in total. The highest BCUT2D eigenvalue weighted by Crippen LogP contribution is 2.31. The zero-order valence-corrected chi connectivity index (χ0v) is 19.5. The molecule has 1 aliphatic rings. The van der Waals surface area contributed by atoms with Crippen molar-refractivity contribution in [1.82, 2.24) is 14.3 Å². The number of hydrogen-bond donors (Lipinski definition) is 0. The van der Waals surface area contributed by atoms with E-state index in [1.165, 1.54) is 28.0 Å². The first-order valence-corrected chi connectivity index (χ1v) is 11.4. The normalized spacial score (nSPS) is 15.9. The molecule has 1 aromatic carbocycles. The highest BCUT2D eigenvalue weighted by Gasteiger charge is 2.33. The highest BCUT2D eigenvalue weighted by molar-refractivity contribution is 7.07. The number of halogens is 2. The number of hydrogen-bond acceptors (Lipinski definition) is 7. The molecular formula is C23H22F2N4O4S. The van der Waals surface area contributed by atoms with Crippen molar-refractivity contribution in [3.05, 3.63) is 78.7 Å². The number of nitrogens with zero attached hydrogens (tertiary/aromatic N) is 4. The Hall–Kier alpha value is -3.60. The topological polar surface area (TPSA) is 87.7 Å². The van der Waals surface area contributed by atoms with Gasteiger partial charge in [-0.2, -0.15) is 13.9 Å². The van der Waals surface area contributed by atoms with Crippen molar-refractivity contribution < 1.29 is 23.0 Å². The predicted octanol–water partition coefficient (Wildman–Crippen LogP) is 2.62. The van der Waals surface area contributed by atoms with E-state index in [2.05, 4.69) is 14.8 Å². The lowest BCUT2D eigenvalue weighted by molar-refractivity contribution is -0.139. The Kier molecular flexibility index (Phi) is 6.73. The summed E-state index contributed by atoms with van der Waals surface area (Å²) in [6.07, 6.45) is 3.49. The molecule has 0 saturated carbocycles. The number of benzene rings is 1. The standard InChI is InChI=1S/C23H22F2N4O4S/c1-4-28-11-10-15(27-28)12-17-20(30)29-19(14-6-8-16(9-7-14)33-22(24)25)18(21(31)32-5-2)13(3)26-23(29)34-17/h6-12,19,22H,4-5H2,1-3H3. The van der Waals surface area contributed by atoms with Crippen LogP contribution in [0.15, 0.2) is 57.6 Å². The van der Waals surface area contributed by atoms with Crippen LogP contribution < -0.4 is 19.6 Å². The van der Waals surface area contributed by atoms with Gasteiger partial charge in [0.1, 0.15) is 5.75 Å². The molecule has 0 bridgehead atoms. The number of ether oxygens (including phenoxy) is 2. The number of carbonyl (C=O) groups is 1. The molecule has 34 heavy (non-hydrogen) atoms. The van der Waals surface area contributed by atoms with Crippen molar-refractivity contribution in [2.45, 2.75) is 40.0 Å². The summed E-state index contributed by atoms with van der Waals surface area (Å²) in [6, 6.07) is 6.78. The van der Waals surface area contributed by atoms with Crippen LogP contribution in [0, 0.1) is 0 Å². The first-order chi connectivity index (χ1) is 16.3. The Bertz CT molecular complexity index is 1420. The summed E-state index contributed by atoms with van der Waals surface area (Å²) in [6.45, 7) is 3.20. The molecule has 0 amide bonds. The second-order valence-corrected chi connectivity index (χ2v) is 8.36. The van der Waals surface area contributed by atoms with Gasteiger partial charge < -0.3 is 9.47 Å². The van der Waals surface area contributed by atoms with Gasteiger partial charge in [-0.25, -0.2) is 9.79 Å². The van der Waals surface area contributed by atoms with Gasteiger partial charge in [0.25, 0.3) is 5.56 Å². The Balaban J connectivity index is 1.88. The second-order valence-electron chi connectivity index (χ2n) is 7.35. The van der Waals surface area contributed by atoms with E-state index in [9.17, 15) is 18.4 Å². The zero-order valence-electron chi connectivity index (χ0n) is 18.7. The van der Waals surface area contributed by atoms with Crippen LogP contribution in [0.4, 0.5) is 8.78 Å². The Morgan fingerprint density at radius 1 is 1.24 bits per heavy atom. The maximum absolute atomic E-state index is 13.5. The van der Waals surface area contributed by atoms with Crippen molar-refractivity contribution in [3.63, 3.8) is 0 Å². The highest BCUT2D eigenvalue weighted by atomic mass is 32.1. The van der Waals surface area contributed by atoms with Crippen LogP contribution in [0.2, 0.25) is 0 Å². The lowest BCUT2D eigenvalue weighted by Crippen LogP contribution is -2.39. The Morgan fingerprint density at radius 2 is 1.97 bits per heavy atom. The quantitative estimate of drug-likeness (QED) is 0.477. The number of rotatable bonds is 7. The summed E-state index contributed by atoms with van der Waals surface area (Å²) >= 11 is 1.18. The van der Waals surface area contributed by atoms with Gasteiger partial charge in [-0.3, -0.25) is 14.0 Å². The average molecular weight is 489 g/mol. The van der Waals surface area contributed by atoms with Gasteiger partial charge in [0.05, 0.1) is 34.1 Å². The summed E-state index contributed by atoms with van der Waals surface area (Å²) in [4.78, 5) is 31.2. The van der Waals surface area contributed by atoms with E-state index in [-0.39, 0.29) is 23.5 Å². The number of aryl methyl sites for hydroxylation is 1. The molecule has 11 heteroatoms. The van der Waals surface area contributed by atoms with Crippen LogP contribution in [0.25, 0.3) is 6.08 Å². The minimum Gasteiger partial charge on any atom is -0.463 e. The van der Waals surface area contributed by atoms with Gasteiger partial charge in [0.2, 0.25) is 0 Å². The molecule has 1 unspecified atom stereocenters. The number of alkyl halides is 2. The molecular weight excluding hydrogens is 466 g/mol. The number of esters is 1. The molecule has 0 N–H and O–H groups in total. The third-order valence-electron chi connectivity index (χ3n) is 5.20. The molecule has 178 valence electrons. The van der Waals surface area contributed by atoms with Crippen molar-refractivity contribution in [3.8, 4) is 5.75 Å². The minimum atomic E-state index is -2.96. The fraction of sp³-hybridized carbons (Fsp3) is 0.304. The van der Waals surface area contributed by atoms with E-state index in [4.69, 9.17) is 4.74 Å². The molecule has 3 aromatic rings. The van der Waals surface area contributed by atoms with Crippen LogP contribution >= 0.6 is 11.3 Å². The van der Waals surface area contributed by atoms with E-state index in [1.54, 1.807) is 42.8 Å². The van der Waals surface area contributed by atoms with Gasteiger partial charge >= 0.3 is 12.6 Å². The van der Waals surface area contributed by atoms with E-state index >= 15 is 0 Å². The maximum atomic E-state index is 13.5. The van der Waals surface area contributed by atoms with Gasteiger partial charge in [-0.15, -0.1) is 0 Å². The van der Waals surface area contributed by atoms with Crippen LogP contribution in [0.5, 0.6) is 5.75 Å². The summed E-state index contributed by atoms with van der Waals surface area (Å²) in [5, 5.41) is 4.39. The summed E-state index contributed by atoms with van der Waals surface area (Å²) in [5.41, 5.74) is 1.43. The largest absolute Gasteiger partial charge is 0.463 e. The predicted molar refractivity (Wildman–Crippen MR) is 121 cm³/mol. The fourth-order valence-corrected chi connectivity index (χ4v) is 4.73. The van der Waals surface area contributed by atoms with Gasteiger partial charge in [0.15, 0.2) is 4.80 Å². The molecule has 0 fully saturated rings. The average Bonchev–Trinajstić information content (AvgIpc) is 3.37. The second kappa shape index (κ2) is 9.72. The van der Waals surface area contributed by atoms with Crippen molar-refractivity contribution in [2.24, 2.45) is 4.99 Å². The van der Waals surface area contributed by atoms with E-state index in [1.807, 2.05) is 13.1 Å². The summed E-state index contributed by atoms with van der Waals surface area (Å²) in [7, 11) is 0. The summed E-state index contributed by atoms with van der Waals surface area (Å²) in [5.74, 6) is -0.631. The molecule has 0 saturated heterocycles. The lowest BCUT2D eigenvalue weighted by atomic mass is 9.96. The molecule has 3 heterocycles. The molecule has 0 radical (unpaired) electrons. The first kappa shape index (κ1) is 23.6. The molecule has 2 aromatic heterocycles. The van der Waals surface area contributed by atoms with Crippen molar-refractivity contribution in [1.29, 1.82) is 0 Å². The van der Waals surface area contributed by atoms with Crippen LogP contribution in [0.3, 0.4) is 0 Å². The van der Waals surface area contributed by atoms with Crippen LogP contribution in [-0.4, -0.2) is 33.5 Å². The molecule has 0 aliphatic carbocycles. The Morgan fingerprint density at radius 3 is 2.59 bits per heavy atom. The third-order valence-corrected chi connectivity index (χ3v) is 6.19. The number of aromatic nitrogens is 3. The minimum absolute atomic E-state index is 0.0314. The molecule has 0 spiro atoms. The smallest absolute Gasteiger partial charge is 0.387 e. The molecule has 1 aliphatic heterocycles. The zero-order chi connectivity index (χ0) is 24.4. The van der Waals surface area contributed by atoms with Gasteiger partial charge in [-0.1, -0.05) is 23.5 Å². The van der Waals surface area contributed by atoms with Gasteiger partial charge in [-0.05, 0) is 50.6 Å². The maximum Gasteiger partial charge on any atom is 0.387 e. The van der Waals surface area contributed by atoms with E-state index < -0.39 is 18.6 Å². The van der Waals surface area contributed by atoms with Crippen LogP contribution in [-0.2, 0) is 16.1 Å². The lowest BCUT2D eigenvalue weighted by Gasteiger charge is -2.24. The fourth-order valence-electron chi connectivity index (χ4n) is 3.70. The number of carbonyl (C=O) groups excluding carboxylic acids is 1. The molecule has 1 atom stereocenters. The van der Waals surface area contributed by atoms with Crippen molar-refractivity contribution >= 4 is 23.4 Å². The monoisotopic (exact) mass is 488 g/mol. The van der Waals surface area contributed by atoms with E-state index in [0.29, 0.717) is 32.8 Å².